The number of amides is 1. The molecule has 2 aliphatic heterocycles. The normalized spacial score (nSPS) is 27.3. The van der Waals surface area contributed by atoms with Crippen LogP contribution in [0, 0.1) is 11.3 Å². The number of nitrogens with zero attached hydrogens (tertiary/aromatic N) is 4. The second kappa shape index (κ2) is 6.60. The van der Waals surface area contributed by atoms with Crippen LogP contribution in [0.4, 0.5) is 5.82 Å². The second-order valence-electron chi connectivity index (χ2n) is 8.46. The monoisotopic (exact) mass is 342 g/mol. The smallest absolute Gasteiger partial charge is 0.230 e. The van der Waals surface area contributed by atoms with Gasteiger partial charge in [0, 0.05) is 46.5 Å². The first kappa shape index (κ1) is 16.8. The molecule has 4 rings (SSSR count). The van der Waals surface area contributed by atoms with Gasteiger partial charge in [0.05, 0.1) is 5.41 Å². The Morgan fingerprint density at radius 3 is 2.76 bits per heavy atom. The van der Waals surface area contributed by atoms with Gasteiger partial charge < -0.3 is 9.80 Å². The van der Waals surface area contributed by atoms with Crippen LogP contribution < -0.4 is 4.90 Å². The molecule has 25 heavy (non-hydrogen) atoms. The van der Waals surface area contributed by atoms with Crippen molar-refractivity contribution >= 4 is 11.7 Å². The van der Waals surface area contributed by atoms with Crippen LogP contribution in [0.3, 0.4) is 0 Å². The lowest BCUT2D eigenvalue weighted by molar-refractivity contribution is -0.145. The summed E-state index contributed by atoms with van der Waals surface area (Å²) in [5.41, 5.74) is 1.13. The number of pyridine rings is 1. The van der Waals surface area contributed by atoms with E-state index in [9.17, 15) is 4.79 Å². The molecule has 5 heteroatoms. The van der Waals surface area contributed by atoms with E-state index in [2.05, 4.69) is 26.9 Å². The molecule has 0 N–H and O–H groups in total. The maximum Gasteiger partial charge on any atom is 0.230 e. The molecule has 1 atom stereocenters. The first-order chi connectivity index (χ1) is 12.1. The fraction of sp³-hybridized carbons (Fsp3) is 0.700. The van der Waals surface area contributed by atoms with Crippen molar-refractivity contribution in [1.82, 2.24) is 14.8 Å². The number of carbonyl (C=O) groups is 1. The van der Waals surface area contributed by atoms with E-state index >= 15 is 0 Å². The van der Waals surface area contributed by atoms with E-state index < -0.39 is 0 Å². The van der Waals surface area contributed by atoms with Gasteiger partial charge in [-0.05, 0) is 56.2 Å². The maximum atomic E-state index is 13.1. The predicted molar refractivity (Wildman–Crippen MR) is 99.4 cm³/mol. The van der Waals surface area contributed by atoms with Crippen LogP contribution in [-0.2, 0) is 11.3 Å². The quantitative estimate of drug-likeness (QED) is 0.824. The third kappa shape index (κ3) is 3.52. The number of hydrogen-bond acceptors (Lipinski definition) is 4. The number of hydrogen-bond donors (Lipinski definition) is 0. The van der Waals surface area contributed by atoms with Crippen LogP contribution in [0.25, 0.3) is 0 Å². The molecular formula is C20H30N4O. The Labute approximate surface area is 151 Å². The minimum absolute atomic E-state index is 0.107. The van der Waals surface area contributed by atoms with E-state index in [4.69, 9.17) is 0 Å². The van der Waals surface area contributed by atoms with Crippen molar-refractivity contribution in [2.75, 3.05) is 45.2 Å². The molecule has 3 aliphatic rings. The highest BCUT2D eigenvalue weighted by Gasteiger charge is 2.48. The molecule has 1 spiro atoms. The molecule has 1 aromatic heterocycles. The lowest BCUT2D eigenvalue weighted by atomic mass is 9.78. The predicted octanol–water partition coefficient (Wildman–Crippen LogP) is 2.37. The zero-order valence-corrected chi connectivity index (χ0v) is 15.6. The highest BCUT2D eigenvalue weighted by molar-refractivity contribution is 5.84. The zero-order chi connectivity index (χ0) is 17.4. The number of anilines is 1. The molecule has 0 radical (unpaired) electrons. The molecule has 1 amide bonds. The summed E-state index contributed by atoms with van der Waals surface area (Å²) < 4.78 is 0. The van der Waals surface area contributed by atoms with E-state index in [0.29, 0.717) is 5.91 Å². The first-order valence-corrected chi connectivity index (χ1v) is 9.70. The summed E-state index contributed by atoms with van der Waals surface area (Å²) in [5, 5.41) is 0. The Balaban J connectivity index is 1.38. The zero-order valence-electron chi connectivity index (χ0n) is 15.6. The van der Waals surface area contributed by atoms with Gasteiger partial charge in [0.15, 0.2) is 0 Å². The Kier molecular flexibility index (Phi) is 4.44. The number of likely N-dealkylation sites (tertiary alicyclic amines) is 2. The molecule has 1 saturated carbocycles. The lowest BCUT2D eigenvalue weighted by Crippen LogP contribution is -2.50. The fourth-order valence-corrected chi connectivity index (χ4v) is 4.44. The van der Waals surface area contributed by atoms with Crippen molar-refractivity contribution in [1.29, 1.82) is 0 Å². The number of carbonyl (C=O) groups excluding carboxylic acids is 1. The standard InChI is InChI=1S/C20H30N4O/c1-22(2)18-7-6-17(12-21-18)13-23-11-9-20(15-23)8-3-10-24(19(20)25)14-16-4-5-16/h6-7,12,16H,3-5,8-11,13-15H2,1-2H3. The molecule has 136 valence electrons. The number of aromatic nitrogens is 1. The minimum Gasteiger partial charge on any atom is -0.363 e. The molecule has 2 saturated heterocycles. The largest absolute Gasteiger partial charge is 0.363 e. The van der Waals surface area contributed by atoms with Gasteiger partial charge >= 0.3 is 0 Å². The lowest BCUT2D eigenvalue weighted by Gasteiger charge is -2.39. The Morgan fingerprint density at radius 2 is 2.08 bits per heavy atom. The van der Waals surface area contributed by atoms with E-state index in [0.717, 1.165) is 57.3 Å². The summed E-state index contributed by atoms with van der Waals surface area (Å²) in [6.45, 7) is 4.84. The van der Waals surface area contributed by atoms with Gasteiger partial charge in [0.25, 0.3) is 0 Å². The van der Waals surface area contributed by atoms with Gasteiger partial charge in [-0.2, -0.15) is 0 Å². The topological polar surface area (TPSA) is 39.7 Å². The van der Waals surface area contributed by atoms with Crippen LogP contribution >= 0.6 is 0 Å². The molecule has 1 unspecified atom stereocenters. The van der Waals surface area contributed by atoms with Crippen molar-refractivity contribution in [3.63, 3.8) is 0 Å². The summed E-state index contributed by atoms with van der Waals surface area (Å²) in [6.07, 6.45) is 7.88. The van der Waals surface area contributed by atoms with Crippen LogP contribution in [0.1, 0.15) is 37.7 Å². The van der Waals surface area contributed by atoms with E-state index in [1.165, 1.54) is 24.8 Å². The van der Waals surface area contributed by atoms with Crippen molar-refractivity contribution in [2.45, 2.75) is 38.6 Å². The van der Waals surface area contributed by atoms with Crippen LogP contribution in [0.15, 0.2) is 18.3 Å². The third-order valence-electron chi connectivity index (χ3n) is 6.11. The highest BCUT2D eigenvalue weighted by atomic mass is 16.2. The summed E-state index contributed by atoms with van der Waals surface area (Å²) in [4.78, 5) is 24.3. The van der Waals surface area contributed by atoms with Crippen molar-refractivity contribution in [3.8, 4) is 0 Å². The van der Waals surface area contributed by atoms with E-state index in [1.807, 2.05) is 25.2 Å². The van der Waals surface area contributed by atoms with Crippen LogP contribution in [-0.4, -0.2) is 61.0 Å². The third-order valence-corrected chi connectivity index (χ3v) is 6.11. The van der Waals surface area contributed by atoms with Gasteiger partial charge in [0.2, 0.25) is 5.91 Å². The molecule has 0 aromatic carbocycles. The van der Waals surface area contributed by atoms with Gasteiger partial charge in [-0.3, -0.25) is 9.69 Å². The molecule has 3 heterocycles. The van der Waals surface area contributed by atoms with E-state index in [1.54, 1.807) is 0 Å². The van der Waals surface area contributed by atoms with Crippen molar-refractivity contribution < 1.29 is 4.79 Å². The number of piperidine rings is 1. The van der Waals surface area contributed by atoms with Gasteiger partial charge in [-0.25, -0.2) is 4.98 Å². The first-order valence-electron chi connectivity index (χ1n) is 9.70. The van der Waals surface area contributed by atoms with Crippen molar-refractivity contribution in [3.05, 3.63) is 23.9 Å². The summed E-state index contributed by atoms with van der Waals surface area (Å²) in [5.74, 6) is 2.21. The SMILES string of the molecule is CN(C)c1ccc(CN2CCC3(CCCN(CC4CC4)C3=O)C2)cn1. The molecule has 1 aromatic rings. The minimum atomic E-state index is -0.107. The number of rotatable bonds is 5. The highest BCUT2D eigenvalue weighted by Crippen LogP contribution is 2.42. The average molecular weight is 342 g/mol. The molecule has 0 bridgehead atoms. The van der Waals surface area contributed by atoms with Gasteiger partial charge in [0.1, 0.15) is 5.82 Å². The average Bonchev–Trinajstić information content (AvgIpc) is 3.33. The molecule has 3 fully saturated rings. The molecule has 1 aliphatic carbocycles. The van der Waals surface area contributed by atoms with Crippen molar-refractivity contribution in [2.24, 2.45) is 11.3 Å². The second-order valence-corrected chi connectivity index (χ2v) is 8.46. The Hall–Kier alpha value is -1.62. The summed E-state index contributed by atoms with van der Waals surface area (Å²) in [7, 11) is 4.02. The summed E-state index contributed by atoms with van der Waals surface area (Å²) >= 11 is 0. The molecule has 5 nitrogen and oxygen atoms in total. The Morgan fingerprint density at radius 1 is 1.24 bits per heavy atom. The molecular weight excluding hydrogens is 312 g/mol. The van der Waals surface area contributed by atoms with Gasteiger partial charge in [-0.15, -0.1) is 0 Å². The van der Waals surface area contributed by atoms with Gasteiger partial charge in [-0.1, -0.05) is 6.07 Å². The van der Waals surface area contributed by atoms with E-state index in [-0.39, 0.29) is 5.41 Å². The Bertz CT molecular complexity index is 625. The maximum absolute atomic E-state index is 13.1. The fourth-order valence-electron chi connectivity index (χ4n) is 4.44. The van der Waals surface area contributed by atoms with Crippen LogP contribution in [0.5, 0.6) is 0 Å². The summed E-state index contributed by atoms with van der Waals surface area (Å²) in [6, 6.07) is 4.24. The van der Waals surface area contributed by atoms with Crippen LogP contribution in [0.2, 0.25) is 0 Å².